The van der Waals surface area contributed by atoms with Gasteiger partial charge in [-0.25, -0.2) is 0 Å². The number of likely N-dealkylation sites (tertiary alicyclic amines) is 2. The molecule has 2 aliphatic heterocycles. The number of nitrogens with zero attached hydrogens (tertiary/aromatic N) is 2. The van der Waals surface area contributed by atoms with Crippen LogP contribution < -0.4 is 0 Å². The van der Waals surface area contributed by atoms with E-state index in [1.54, 1.807) is 14.0 Å². The number of likely N-dealkylation sites (N-methyl/N-ethyl adjacent to an activating group) is 2. The van der Waals surface area contributed by atoms with Crippen LogP contribution in [0.4, 0.5) is 0 Å². The minimum absolute atomic E-state index is 0.137. The molecule has 0 aliphatic carbocycles. The first-order chi connectivity index (χ1) is 28.5. The van der Waals surface area contributed by atoms with Crippen molar-refractivity contribution in [2.45, 2.75) is 202 Å². The zero-order valence-corrected chi connectivity index (χ0v) is 40.5. The third-order valence-corrected chi connectivity index (χ3v) is 9.48. The number of aliphatic hydroxyl groups is 1. The molecule has 0 aromatic rings. The second-order valence-corrected chi connectivity index (χ2v) is 14.9. The van der Waals surface area contributed by atoms with E-state index in [9.17, 15) is 24.0 Å². The number of hydrogen-bond acceptors (Lipinski definition) is 12. The molecule has 0 spiro atoms. The number of esters is 2. The maximum atomic E-state index is 11.8. The van der Waals surface area contributed by atoms with Crippen LogP contribution >= 0.6 is 0 Å². The summed E-state index contributed by atoms with van der Waals surface area (Å²) in [6, 6.07) is 0.690. The second kappa shape index (κ2) is 55.6. The van der Waals surface area contributed by atoms with Crippen molar-refractivity contribution >= 4 is 30.5 Å². The molecule has 59 heavy (non-hydrogen) atoms. The molecule has 12 heteroatoms. The van der Waals surface area contributed by atoms with Crippen LogP contribution in [0.25, 0.3) is 0 Å². The summed E-state index contributed by atoms with van der Waals surface area (Å²) in [5, 5.41) is 7.00. The van der Waals surface area contributed by atoms with Gasteiger partial charge in [-0.15, -0.1) is 0 Å². The van der Waals surface area contributed by atoms with Crippen LogP contribution in [0.2, 0.25) is 0 Å². The number of rotatable bonds is 26. The van der Waals surface area contributed by atoms with Crippen LogP contribution in [0.1, 0.15) is 190 Å². The summed E-state index contributed by atoms with van der Waals surface area (Å²) in [5.74, 6) is -0.459. The largest absolute Gasteiger partial charge is 0.465 e. The monoisotopic (exact) mass is 849 g/mol. The fourth-order valence-electron chi connectivity index (χ4n) is 5.45. The Morgan fingerprint density at radius 1 is 0.712 bits per heavy atom. The van der Waals surface area contributed by atoms with Crippen molar-refractivity contribution in [3.63, 3.8) is 0 Å². The van der Waals surface area contributed by atoms with E-state index in [0.29, 0.717) is 31.8 Å². The number of carbonyl (C=O) groups excluding carboxylic acids is 5. The number of carbonyl (C=O) groups is 5. The number of ether oxygens (including phenoxy) is 4. The van der Waals surface area contributed by atoms with Crippen molar-refractivity contribution in [1.29, 1.82) is 0 Å². The highest BCUT2D eigenvalue weighted by molar-refractivity contribution is 5.74. The van der Waals surface area contributed by atoms with Crippen molar-refractivity contribution < 1.29 is 48.0 Å². The maximum Gasteiger partial charge on any atom is 0.305 e. The minimum Gasteiger partial charge on any atom is -0.465 e. The summed E-state index contributed by atoms with van der Waals surface area (Å²) < 4.78 is 20.3. The fraction of sp³-hybridized carbons (Fsp3) is 0.894. The van der Waals surface area contributed by atoms with Crippen molar-refractivity contribution in [3.05, 3.63) is 0 Å². The summed E-state index contributed by atoms with van der Waals surface area (Å²) in [4.78, 5) is 58.6. The first-order valence-electron chi connectivity index (χ1n) is 23.1. The third kappa shape index (κ3) is 53.6. The molecule has 2 unspecified atom stereocenters. The molecule has 0 bridgehead atoms. The van der Waals surface area contributed by atoms with Crippen LogP contribution in [0, 0.1) is 5.92 Å². The first kappa shape index (κ1) is 65.7. The van der Waals surface area contributed by atoms with E-state index in [0.717, 1.165) is 78.0 Å². The predicted molar refractivity (Wildman–Crippen MR) is 244 cm³/mol. The number of hydrogen-bond donors (Lipinski definition) is 1. The lowest BCUT2D eigenvalue weighted by Gasteiger charge is -2.17. The predicted octanol–water partition coefficient (Wildman–Crippen LogP) is 9.80. The molecule has 2 saturated heterocycles. The van der Waals surface area contributed by atoms with Crippen molar-refractivity contribution in [3.8, 4) is 0 Å². The Kier molecular flexibility index (Phi) is 61.9. The summed E-state index contributed by atoms with van der Waals surface area (Å²) in [5.41, 5.74) is 0. The lowest BCUT2D eigenvalue weighted by molar-refractivity contribution is -0.150. The van der Waals surface area contributed by atoms with Crippen molar-refractivity contribution in [2.24, 2.45) is 5.92 Å². The van der Waals surface area contributed by atoms with E-state index in [2.05, 4.69) is 44.5 Å². The van der Waals surface area contributed by atoms with Gasteiger partial charge in [0, 0.05) is 65.0 Å². The van der Waals surface area contributed by atoms with Crippen LogP contribution in [0.15, 0.2) is 0 Å². The molecular weight excluding hydrogens is 753 g/mol. The SMILES string of the molecule is CC.CCC(C)=O.CCCC.CCCCCCCCC(=O)OCC(CC=O)COC(=O)CCCCCCCC.CN1CCC(OC=O)C1.CO.COCC1CCCN1C. The second-order valence-electron chi connectivity index (χ2n) is 14.9. The fourth-order valence-corrected chi connectivity index (χ4v) is 5.45. The van der Waals surface area contributed by atoms with Gasteiger partial charge in [-0.1, -0.05) is 126 Å². The number of methoxy groups -OCH3 is 1. The average molecular weight is 849 g/mol. The molecule has 0 aromatic heterocycles. The molecule has 2 fully saturated rings. The van der Waals surface area contributed by atoms with E-state index >= 15 is 0 Å². The van der Waals surface area contributed by atoms with Gasteiger partial charge < -0.3 is 43.4 Å². The molecule has 0 aromatic carbocycles. The van der Waals surface area contributed by atoms with Gasteiger partial charge in [0.25, 0.3) is 6.47 Å². The molecule has 2 rings (SSSR count). The maximum absolute atomic E-state index is 11.8. The summed E-state index contributed by atoms with van der Waals surface area (Å²) in [6.45, 7) is 21.0. The van der Waals surface area contributed by atoms with Gasteiger partial charge in [0.15, 0.2) is 0 Å². The first-order valence-corrected chi connectivity index (χ1v) is 23.1. The van der Waals surface area contributed by atoms with Crippen molar-refractivity contribution in [2.75, 3.05) is 67.8 Å². The van der Waals surface area contributed by atoms with Crippen LogP contribution in [-0.2, 0) is 42.9 Å². The molecule has 2 atom stereocenters. The quantitative estimate of drug-likeness (QED) is 0.0382. The number of unbranched alkanes of at least 4 members (excludes halogenated alkanes) is 11. The normalized spacial score (nSPS) is 15.3. The molecule has 0 amide bonds. The molecule has 2 heterocycles. The standard InChI is InChI=1S/C23H42O5.C7H15NO.C6H11NO2.C4H8O.C4H10.C2H6.CH4O/c1-3-5-7-9-11-13-15-22(25)27-19-21(17-18-24)20-28-23(26)16-14-12-10-8-6-4-2;1-8-5-3-4-7(8)6-9-2;1-7-3-2-6(4-7)9-5-8;1-3-4(2)5;1-3-4-2;2*1-2/h18,21H,3-17,19-20H2,1-2H3;7H,3-6H2,1-2H3;5-6H,2-4H2,1H3;3H2,1-2H3;3-4H2,1-2H3;1-2H3;2H,1H3. The summed E-state index contributed by atoms with van der Waals surface area (Å²) in [6.07, 6.45) is 22.4. The molecular formula is C47H96N2O10. The van der Waals surface area contributed by atoms with E-state index < -0.39 is 0 Å². The highest BCUT2D eigenvalue weighted by Gasteiger charge is 2.20. The Bertz CT molecular complexity index is 859. The molecule has 12 nitrogen and oxygen atoms in total. The van der Waals surface area contributed by atoms with Crippen LogP contribution in [0.3, 0.4) is 0 Å². The number of Topliss-reactive ketones (excluding diaryl/α,β-unsaturated/α-hetero) is 1. The number of aldehydes is 1. The Morgan fingerprint density at radius 2 is 1.17 bits per heavy atom. The smallest absolute Gasteiger partial charge is 0.305 e. The highest BCUT2D eigenvalue weighted by atomic mass is 16.5. The van der Waals surface area contributed by atoms with Gasteiger partial charge in [-0.05, 0) is 59.7 Å². The number of ketones is 1. The average Bonchev–Trinajstić information content (AvgIpc) is 3.87. The van der Waals surface area contributed by atoms with Gasteiger partial charge in [-0.2, -0.15) is 0 Å². The van der Waals surface area contributed by atoms with Gasteiger partial charge in [0.1, 0.15) is 18.2 Å². The van der Waals surface area contributed by atoms with Crippen LogP contribution in [0.5, 0.6) is 0 Å². The van der Waals surface area contributed by atoms with Gasteiger partial charge in [0.05, 0.1) is 19.8 Å². The molecule has 354 valence electrons. The molecule has 2 aliphatic rings. The number of aliphatic hydroxyl groups excluding tert-OH is 1. The summed E-state index contributed by atoms with van der Waals surface area (Å²) in [7, 11) is 6.96. The Labute approximate surface area is 363 Å². The third-order valence-electron chi connectivity index (χ3n) is 9.48. The highest BCUT2D eigenvalue weighted by Crippen LogP contribution is 2.14. The van der Waals surface area contributed by atoms with Gasteiger partial charge in [-0.3, -0.25) is 14.4 Å². The Morgan fingerprint density at radius 3 is 1.49 bits per heavy atom. The Hall–Kier alpha value is -2.41. The van der Waals surface area contributed by atoms with Crippen LogP contribution in [-0.4, -0.2) is 125 Å². The lowest BCUT2D eigenvalue weighted by atomic mass is 10.1. The minimum atomic E-state index is -0.250. The van der Waals surface area contributed by atoms with E-state index in [4.69, 9.17) is 24.1 Å². The Balaban J connectivity index is -0.000000251. The zero-order valence-electron chi connectivity index (χ0n) is 40.5. The van der Waals surface area contributed by atoms with Crippen molar-refractivity contribution in [1.82, 2.24) is 9.80 Å². The zero-order chi connectivity index (χ0) is 46.0. The lowest BCUT2D eigenvalue weighted by Crippen LogP contribution is -2.28. The molecule has 0 saturated carbocycles. The van der Waals surface area contributed by atoms with E-state index in [1.165, 1.54) is 70.8 Å². The molecule has 1 N–H and O–H groups in total. The molecule has 0 radical (unpaired) electrons. The van der Waals surface area contributed by atoms with Gasteiger partial charge in [0.2, 0.25) is 0 Å². The van der Waals surface area contributed by atoms with E-state index in [1.807, 2.05) is 27.8 Å². The van der Waals surface area contributed by atoms with E-state index in [-0.39, 0.29) is 49.4 Å². The van der Waals surface area contributed by atoms with Gasteiger partial charge >= 0.3 is 11.9 Å². The topological polar surface area (TPSA) is 149 Å². The summed E-state index contributed by atoms with van der Waals surface area (Å²) >= 11 is 0.